The standard InChI is InChI=1S/C15H13N3O2S.C3H9N/c1-10-4-6-11(7-5-10)9-17-15(20)18-14(19)12-3-2-8-16-13(12)21-18;1-2-3-4/h2-8H,9H2,1H3,(H,17,20);2-4H2,1H3. The van der Waals surface area contributed by atoms with Crippen LogP contribution in [0, 0.1) is 6.92 Å². The molecule has 0 atom stereocenters. The van der Waals surface area contributed by atoms with Crippen LogP contribution in [0.1, 0.15) is 24.5 Å². The minimum absolute atomic E-state index is 0.329. The minimum atomic E-state index is -0.427. The van der Waals surface area contributed by atoms with Gasteiger partial charge in [0.15, 0.2) is 0 Å². The van der Waals surface area contributed by atoms with Crippen molar-refractivity contribution in [3.8, 4) is 0 Å². The number of nitrogens with one attached hydrogen (secondary N) is 1. The van der Waals surface area contributed by atoms with Crippen LogP contribution in [-0.2, 0) is 6.54 Å². The number of nitrogens with two attached hydrogens (primary N) is 1. The van der Waals surface area contributed by atoms with Crippen LogP contribution in [0.2, 0.25) is 0 Å². The summed E-state index contributed by atoms with van der Waals surface area (Å²) in [6.07, 6.45) is 2.70. The number of carbonyl (C=O) groups excluding carboxylic acids is 1. The molecule has 3 aromatic rings. The van der Waals surface area contributed by atoms with Crippen LogP contribution in [0.25, 0.3) is 10.2 Å². The van der Waals surface area contributed by atoms with Crippen LogP contribution in [-0.4, -0.2) is 21.5 Å². The van der Waals surface area contributed by atoms with Crippen molar-refractivity contribution in [2.24, 2.45) is 5.73 Å². The molecule has 0 radical (unpaired) electrons. The fraction of sp³-hybridized carbons (Fsp3) is 0.278. The lowest BCUT2D eigenvalue weighted by Gasteiger charge is -2.04. The molecule has 132 valence electrons. The van der Waals surface area contributed by atoms with Crippen molar-refractivity contribution in [2.75, 3.05) is 6.54 Å². The van der Waals surface area contributed by atoms with Gasteiger partial charge in [0, 0.05) is 12.7 Å². The number of hydrogen-bond donors (Lipinski definition) is 2. The second-order valence-corrected chi connectivity index (χ2v) is 6.41. The Balaban J connectivity index is 0.000000511. The number of fused-ring (bicyclic) bond motifs is 1. The monoisotopic (exact) mass is 358 g/mol. The molecule has 7 heteroatoms. The summed E-state index contributed by atoms with van der Waals surface area (Å²) in [4.78, 5) is 28.9. The number of carbonyl (C=O) groups is 1. The molecule has 0 aliphatic heterocycles. The molecule has 1 amide bonds. The second-order valence-electron chi connectivity index (χ2n) is 5.48. The summed E-state index contributed by atoms with van der Waals surface area (Å²) < 4.78 is 1.10. The van der Waals surface area contributed by atoms with Gasteiger partial charge in [-0.15, -0.1) is 0 Å². The highest BCUT2D eigenvalue weighted by atomic mass is 32.1. The number of nitrogens with zero attached hydrogens (tertiary/aromatic N) is 2. The summed E-state index contributed by atoms with van der Waals surface area (Å²) in [7, 11) is 0. The lowest BCUT2D eigenvalue weighted by molar-refractivity contribution is 0.243. The van der Waals surface area contributed by atoms with E-state index in [1.807, 2.05) is 31.2 Å². The molecule has 3 rings (SSSR count). The van der Waals surface area contributed by atoms with Crippen molar-refractivity contribution < 1.29 is 4.79 Å². The topological polar surface area (TPSA) is 90.0 Å². The highest BCUT2D eigenvalue weighted by Crippen LogP contribution is 2.12. The van der Waals surface area contributed by atoms with Crippen molar-refractivity contribution in [1.82, 2.24) is 14.3 Å². The molecule has 1 aromatic carbocycles. The van der Waals surface area contributed by atoms with Crippen LogP contribution in [0.3, 0.4) is 0 Å². The molecule has 0 aliphatic rings. The summed E-state index contributed by atoms with van der Waals surface area (Å²) in [5.41, 5.74) is 6.85. The number of pyridine rings is 1. The van der Waals surface area contributed by atoms with Gasteiger partial charge in [0.25, 0.3) is 5.56 Å². The molecule has 0 fully saturated rings. The average Bonchev–Trinajstić information content (AvgIpc) is 2.98. The summed E-state index contributed by atoms with van der Waals surface area (Å²) in [6, 6.07) is 10.8. The highest BCUT2D eigenvalue weighted by Gasteiger charge is 2.13. The average molecular weight is 358 g/mol. The maximum Gasteiger partial charge on any atom is 0.338 e. The van der Waals surface area contributed by atoms with Gasteiger partial charge in [-0.2, -0.15) is 3.96 Å². The van der Waals surface area contributed by atoms with Gasteiger partial charge in [0.05, 0.1) is 5.39 Å². The maximum atomic E-state index is 12.1. The van der Waals surface area contributed by atoms with Crippen LogP contribution in [0.15, 0.2) is 47.4 Å². The van der Waals surface area contributed by atoms with E-state index < -0.39 is 6.03 Å². The Kier molecular flexibility index (Phi) is 6.85. The molecule has 2 heterocycles. The molecule has 2 aromatic heterocycles. The van der Waals surface area contributed by atoms with Crippen LogP contribution in [0.5, 0.6) is 0 Å². The fourth-order valence-electron chi connectivity index (χ4n) is 1.95. The molecular weight excluding hydrogens is 336 g/mol. The molecule has 0 aliphatic carbocycles. The first-order chi connectivity index (χ1) is 12.1. The molecule has 0 spiro atoms. The zero-order valence-electron chi connectivity index (χ0n) is 14.4. The summed E-state index contributed by atoms with van der Waals surface area (Å²) >= 11 is 1.05. The summed E-state index contributed by atoms with van der Waals surface area (Å²) in [5, 5.41) is 3.21. The first kappa shape index (κ1) is 18.8. The molecule has 0 bridgehead atoms. The number of aryl methyl sites for hydroxylation is 1. The van der Waals surface area contributed by atoms with E-state index >= 15 is 0 Å². The SMILES string of the molecule is CCCN.Cc1ccc(CNC(=O)n2sc3ncccc3c2=O)cc1. The Morgan fingerprint density at radius 1 is 1.28 bits per heavy atom. The Hall–Kier alpha value is -2.51. The predicted molar refractivity (Wildman–Crippen MR) is 102 cm³/mol. The lowest BCUT2D eigenvalue weighted by Crippen LogP contribution is -2.32. The summed E-state index contributed by atoms with van der Waals surface area (Å²) in [5.74, 6) is 0. The van der Waals surface area contributed by atoms with Gasteiger partial charge in [-0.3, -0.25) is 4.79 Å². The van der Waals surface area contributed by atoms with E-state index in [-0.39, 0.29) is 5.56 Å². The first-order valence-corrected chi connectivity index (χ1v) is 8.85. The molecule has 6 nitrogen and oxygen atoms in total. The van der Waals surface area contributed by atoms with Crippen LogP contribution in [0.4, 0.5) is 4.79 Å². The van der Waals surface area contributed by atoms with Crippen molar-refractivity contribution in [3.63, 3.8) is 0 Å². The Morgan fingerprint density at radius 3 is 2.56 bits per heavy atom. The van der Waals surface area contributed by atoms with Gasteiger partial charge in [-0.1, -0.05) is 36.8 Å². The molecule has 3 N–H and O–H groups in total. The fourth-order valence-corrected chi connectivity index (χ4v) is 2.82. The Labute approximate surface area is 150 Å². The molecule has 0 unspecified atom stereocenters. The second kappa shape index (κ2) is 9.10. The molecule has 0 saturated heterocycles. The lowest BCUT2D eigenvalue weighted by atomic mass is 10.1. The first-order valence-electron chi connectivity index (χ1n) is 8.07. The maximum absolute atomic E-state index is 12.1. The Bertz CT molecular complexity index is 882. The van der Waals surface area contributed by atoms with Crippen molar-refractivity contribution in [2.45, 2.75) is 26.8 Å². The van der Waals surface area contributed by atoms with Gasteiger partial charge in [-0.05, 0) is 49.1 Å². The van der Waals surface area contributed by atoms with Crippen molar-refractivity contribution >= 4 is 27.8 Å². The number of hydrogen-bond acceptors (Lipinski definition) is 5. The number of benzene rings is 1. The number of rotatable bonds is 3. The zero-order valence-corrected chi connectivity index (χ0v) is 15.2. The normalized spacial score (nSPS) is 10.2. The van der Waals surface area contributed by atoms with Gasteiger partial charge >= 0.3 is 6.03 Å². The third-order valence-corrected chi connectivity index (χ3v) is 4.41. The zero-order chi connectivity index (χ0) is 18.2. The smallest absolute Gasteiger partial charge is 0.333 e. The Morgan fingerprint density at radius 2 is 1.96 bits per heavy atom. The number of amides is 1. The minimum Gasteiger partial charge on any atom is -0.333 e. The third kappa shape index (κ3) is 4.98. The van der Waals surface area contributed by atoms with E-state index in [0.29, 0.717) is 16.8 Å². The third-order valence-electron chi connectivity index (χ3n) is 3.40. The van der Waals surface area contributed by atoms with Crippen LogP contribution < -0.4 is 16.6 Å². The van der Waals surface area contributed by atoms with E-state index in [1.165, 1.54) is 0 Å². The quantitative estimate of drug-likeness (QED) is 0.753. The van der Waals surface area contributed by atoms with E-state index in [4.69, 9.17) is 5.73 Å². The van der Waals surface area contributed by atoms with Crippen LogP contribution >= 0.6 is 11.5 Å². The van der Waals surface area contributed by atoms with Gasteiger partial charge in [0.2, 0.25) is 0 Å². The van der Waals surface area contributed by atoms with E-state index in [2.05, 4.69) is 17.2 Å². The largest absolute Gasteiger partial charge is 0.338 e. The van der Waals surface area contributed by atoms with Gasteiger partial charge in [-0.25, -0.2) is 9.78 Å². The predicted octanol–water partition coefficient (Wildman–Crippen LogP) is 2.88. The molecular formula is C18H22N4O2S. The highest BCUT2D eigenvalue weighted by molar-refractivity contribution is 7.14. The molecule has 25 heavy (non-hydrogen) atoms. The van der Waals surface area contributed by atoms with E-state index in [1.54, 1.807) is 18.3 Å². The molecule has 0 saturated carbocycles. The summed E-state index contributed by atoms with van der Waals surface area (Å²) in [6.45, 7) is 5.26. The van der Waals surface area contributed by atoms with Crippen molar-refractivity contribution in [3.05, 3.63) is 64.1 Å². The van der Waals surface area contributed by atoms with Crippen molar-refractivity contribution in [1.29, 1.82) is 0 Å². The van der Waals surface area contributed by atoms with E-state index in [9.17, 15) is 9.59 Å². The number of aromatic nitrogens is 2. The van der Waals surface area contributed by atoms with E-state index in [0.717, 1.165) is 39.6 Å². The van der Waals surface area contributed by atoms with Gasteiger partial charge < -0.3 is 11.1 Å². The van der Waals surface area contributed by atoms with Gasteiger partial charge in [0.1, 0.15) is 4.83 Å².